The van der Waals surface area contributed by atoms with Crippen molar-refractivity contribution < 1.29 is 0 Å². The molecule has 4 aromatic heterocycles. The van der Waals surface area contributed by atoms with Crippen LogP contribution in [0.3, 0.4) is 0 Å². The van der Waals surface area contributed by atoms with Gasteiger partial charge in [-0.25, -0.2) is 14.5 Å². The zero-order valence-corrected chi connectivity index (χ0v) is 19.8. The third kappa shape index (κ3) is 4.16. The minimum atomic E-state index is -0.161. The Morgan fingerprint density at radius 2 is 1.89 bits per heavy atom. The number of tetrazole rings is 1. The van der Waals surface area contributed by atoms with Crippen molar-refractivity contribution in [1.82, 2.24) is 49.5 Å². The molecular formula is C24H26N10O. The van der Waals surface area contributed by atoms with E-state index in [9.17, 15) is 4.79 Å². The van der Waals surface area contributed by atoms with Crippen LogP contribution in [0.1, 0.15) is 44.5 Å². The molecule has 0 saturated heterocycles. The number of H-pyrrole nitrogens is 1. The molecule has 0 aliphatic carbocycles. The van der Waals surface area contributed by atoms with Crippen molar-refractivity contribution in [3.63, 3.8) is 0 Å². The third-order valence-electron chi connectivity index (χ3n) is 5.94. The predicted octanol–water partition coefficient (Wildman–Crippen LogP) is 3.05. The molecule has 11 heteroatoms. The van der Waals surface area contributed by atoms with E-state index in [1.54, 1.807) is 27.9 Å². The number of hydrogen-bond acceptors (Lipinski definition) is 7. The molecule has 0 bridgehead atoms. The van der Waals surface area contributed by atoms with Crippen LogP contribution in [0.5, 0.6) is 0 Å². The predicted molar refractivity (Wildman–Crippen MR) is 130 cm³/mol. The fraction of sp³-hybridized carbons (Fsp3) is 0.292. The second-order valence-electron chi connectivity index (χ2n) is 8.57. The Labute approximate surface area is 201 Å². The van der Waals surface area contributed by atoms with Gasteiger partial charge < -0.3 is 0 Å². The molecule has 0 spiro atoms. The molecule has 0 radical (unpaired) electrons. The number of nitrogens with zero attached hydrogens (tertiary/aromatic N) is 9. The van der Waals surface area contributed by atoms with E-state index in [0.717, 1.165) is 40.8 Å². The molecule has 0 amide bonds. The summed E-state index contributed by atoms with van der Waals surface area (Å²) in [5.41, 5.74) is 4.46. The third-order valence-corrected chi connectivity index (χ3v) is 5.94. The van der Waals surface area contributed by atoms with Gasteiger partial charge in [0, 0.05) is 35.9 Å². The summed E-state index contributed by atoms with van der Waals surface area (Å²) in [5, 5.41) is 22.6. The Bertz CT molecular complexity index is 1490. The minimum Gasteiger partial charge on any atom is -0.297 e. The quantitative estimate of drug-likeness (QED) is 0.369. The number of hydrogen-bond donors (Lipinski definition) is 1. The average molecular weight is 471 g/mol. The lowest BCUT2D eigenvalue weighted by molar-refractivity contribution is 0.576. The standard InChI is InChI=1S/C24H26N10O/c1-4-7-18-14-33(23-29-26-15-34(23)16(2)3)24(35)32(18)13-17-12-25-11-10-19(17)20-8-5-6-9-21(20)22-27-30-31-28-22/h5-6,8-12,14-16H,4,7,13H2,1-3H3,(H,27,28,30,31). The van der Waals surface area contributed by atoms with Gasteiger partial charge in [0.1, 0.15) is 6.33 Å². The highest BCUT2D eigenvalue weighted by Gasteiger charge is 2.20. The zero-order valence-electron chi connectivity index (χ0n) is 19.8. The maximum absolute atomic E-state index is 13.6. The number of imidazole rings is 1. The second kappa shape index (κ2) is 9.45. The first-order valence-electron chi connectivity index (χ1n) is 11.6. The highest BCUT2D eigenvalue weighted by molar-refractivity contribution is 5.81. The Hall–Kier alpha value is -4.41. The van der Waals surface area contributed by atoms with Gasteiger partial charge in [-0.3, -0.25) is 14.1 Å². The van der Waals surface area contributed by atoms with E-state index >= 15 is 0 Å². The van der Waals surface area contributed by atoms with Crippen molar-refractivity contribution in [3.05, 3.63) is 77.0 Å². The van der Waals surface area contributed by atoms with Crippen LogP contribution in [0, 0.1) is 0 Å². The highest BCUT2D eigenvalue weighted by atomic mass is 16.2. The number of nitrogens with one attached hydrogen (secondary N) is 1. The monoisotopic (exact) mass is 470 g/mol. The molecule has 0 aliphatic rings. The van der Waals surface area contributed by atoms with Crippen LogP contribution in [0.15, 0.2) is 60.0 Å². The van der Waals surface area contributed by atoms with E-state index in [4.69, 9.17) is 0 Å². The first kappa shape index (κ1) is 22.4. The summed E-state index contributed by atoms with van der Waals surface area (Å²) < 4.78 is 5.27. The van der Waals surface area contributed by atoms with Gasteiger partial charge in [-0.1, -0.05) is 37.6 Å². The van der Waals surface area contributed by atoms with Gasteiger partial charge in [0.2, 0.25) is 5.95 Å². The number of aromatic amines is 1. The molecule has 0 unspecified atom stereocenters. The number of benzene rings is 1. The van der Waals surface area contributed by atoms with E-state index < -0.39 is 0 Å². The molecule has 0 fully saturated rings. The molecule has 0 aliphatic heterocycles. The molecule has 4 heterocycles. The lowest BCUT2D eigenvalue weighted by atomic mass is 9.96. The Kier molecular flexibility index (Phi) is 6.04. The van der Waals surface area contributed by atoms with Crippen molar-refractivity contribution in [2.45, 2.75) is 46.2 Å². The Balaban J connectivity index is 1.61. The van der Waals surface area contributed by atoms with Gasteiger partial charge in [0.05, 0.1) is 6.54 Å². The molecule has 5 aromatic rings. The topological polar surface area (TPSA) is 125 Å². The summed E-state index contributed by atoms with van der Waals surface area (Å²) >= 11 is 0. The van der Waals surface area contributed by atoms with Crippen LogP contribution in [0.4, 0.5) is 0 Å². The molecule has 35 heavy (non-hydrogen) atoms. The molecule has 1 N–H and O–H groups in total. The maximum Gasteiger partial charge on any atom is 0.335 e. The van der Waals surface area contributed by atoms with E-state index in [-0.39, 0.29) is 11.7 Å². The minimum absolute atomic E-state index is 0.122. The number of pyridine rings is 1. The fourth-order valence-electron chi connectivity index (χ4n) is 4.25. The van der Waals surface area contributed by atoms with Crippen LogP contribution in [-0.4, -0.2) is 49.5 Å². The normalized spacial score (nSPS) is 11.4. The summed E-state index contributed by atoms with van der Waals surface area (Å²) in [4.78, 5) is 18.0. The van der Waals surface area contributed by atoms with Gasteiger partial charge in [-0.15, -0.1) is 15.3 Å². The van der Waals surface area contributed by atoms with Gasteiger partial charge in [-0.2, -0.15) is 0 Å². The number of rotatable bonds is 8. The summed E-state index contributed by atoms with van der Waals surface area (Å²) in [6.07, 6.45) is 8.74. The van der Waals surface area contributed by atoms with Crippen molar-refractivity contribution >= 4 is 0 Å². The van der Waals surface area contributed by atoms with Crippen LogP contribution < -0.4 is 5.69 Å². The lowest BCUT2D eigenvalue weighted by Gasteiger charge is -2.14. The Morgan fingerprint density at radius 1 is 1.06 bits per heavy atom. The van der Waals surface area contributed by atoms with Gasteiger partial charge in [0.25, 0.3) is 0 Å². The van der Waals surface area contributed by atoms with Crippen LogP contribution in [0.25, 0.3) is 28.5 Å². The van der Waals surface area contributed by atoms with Crippen LogP contribution in [0.2, 0.25) is 0 Å². The van der Waals surface area contributed by atoms with E-state index in [1.807, 2.05) is 54.9 Å². The van der Waals surface area contributed by atoms with Crippen molar-refractivity contribution in [1.29, 1.82) is 0 Å². The first-order valence-corrected chi connectivity index (χ1v) is 11.6. The summed E-state index contributed by atoms with van der Waals surface area (Å²) in [7, 11) is 0. The number of aryl methyl sites for hydroxylation is 1. The molecule has 178 valence electrons. The lowest BCUT2D eigenvalue weighted by Crippen LogP contribution is -2.27. The Morgan fingerprint density at radius 3 is 2.63 bits per heavy atom. The molecule has 0 atom stereocenters. The van der Waals surface area contributed by atoms with Crippen molar-refractivity contribution in [2.24, 2.45) is 0 Å². The van der Waals surface area contributed by atoms with E-state index in [1.165, 1.54) is 0 Å². The molecule has 0 saturated carbocycles. The van der Waals surface area contributed by atoms with Gasteiger partial charge >= 0.3 is 5.69 Å². The average Bonchev–Trinajstić information content (AvgIpc) is 3.62. The van der Waals surface area contributed by atoms with Gasteiger partial charge in [-0.05, 0) is 53.5 Å². The molecular weight excluding hydrogens is 444 g/mol. The SMILES string of the molecule is CCCc1cn(-c2nncn2C(C)C)c(=O)n1Cc1cnccc1-c1ccccc1-c1nnn[nH]1. The maximum atomic E-state index is 13.6. The van der Waals surface area contributed by atoms with Crippen molar-refractivity contribution in [2.75, 3.05) is 0 Å². The van der Waals surface area contributed by atoms with E-state index in [0.29, 0.717) is 18.3 Å². The zero-order chi connectivity index (χ0) is 24.4. The first-order chi connectivity index (χ1) is 17.1. The van der Waals surface area contributed by atoms with Crippen LogP contribution >= 0.6 is 0 Å². The van der Waals surface area contributed by atoms with Crippen LogP contribution in [-0.2, 0) is 13.0 Å². The second-order valence-corrected chi connectivity index (χ2v) is 8.57. The van der Waals surface area contributed by atoms with E-state index in [2.05, 4.69) is 42.7 Å². The summed E-state index contributed by atoms with van der Waals surface area (Å²) in [5.74, 6) is 1.09. The number of aromatic nitrogens is 10. The molecule has 5 rings (SSSR count). The smallest absolute Gasteiger partial charge is 0.297 e. The fourth-order valence-corrected chi connectivity index (χ4v) is 4.25. The van der Waals surface area contributed by atoms with Crippen molar-refractivity contribution in [3.8, 4) is 28.5 Å². The molecule has 1 aromatic carbocycles. The largest absolute Gasteiger partial charge is 0.335 e. The highest BCUT2D eigenvalue weighted by Crippen LogP contribution is 2.32. The molecule has 11 nitrogen and oxygen atoms in total. The summed E-state index contributed by atoms with van der Waals surface area (Å²) in [6, 6.07) is 9.97. The van der Waals surface area contributed by atoms with Gasteiger partial charge in [0.15, 0.2) is 5.82 Å². The summed E-state index contributed by atoms with van der Waals surface area (Å²) in [6.45, 7) is 6.53.